The number of carbonyl (C=O) groups is 1. The van der Waals surface area contributed by atoms with Crippen molar-refractivity contribution in [3.8, 4) is 5.75 Å². The number of carbonyl (C=O) groups excluding carboxylic acids is 1. The van der Waals surface area contributed by atoms with Crippen LogP contribution in [0.2, 0.25) is 0 Å². The highest BCUT2D eigenvalue weighted by atomic mass is 19.1. The van der Waals surface area contributed by atoms with Crippen molar-refractivity contribution in [1.29, 1.82) is 0 Å². The van der Waals surface area contributed by atoms with Gasteiger partial charge in [-0.1, -0.05) is 12.1 Å². The Bertz CT molecular complexity index is 358. The molecule has 0 unspecified atom stereocenters. The average Bonchev–Trinajstić information content (AvgIpc) is 3.04. The van der Waals surface area contributed by atoms with Gasteiger partial charge in [0.2, 0.25) is 0 Å². The molecule has 0 radical (unpaired) electrons. The zero-order chi connectivity index (χ0) is 10.7. The lowest BCUT2D eigenvalue weighted by molar-refractivity contribution is -0.120. The molecule has 2 nitrogen and oxygen atoms in total. The summed E-state index contributed by atoms with van der Waals surface area (Å²) < 4.78 is 18.3. The Morgan fingerprint density at radius 3 is 2.80 bits per heavy atom. The molecule has 0 N–H and O–H groups in total. The van der Waals surface area contributed by atoms with Crippen LogP contribution >= 0.6 is 0 Å². The van der Waals surface area contributed by atoms with E-state index in [0.29, 0.717) is 6.42 Å². The van der Waals surface area contributed by atoms with Crippen LogP contribution in [0, 0.1) is 11.7 Å². The van der Waals surface area contributed by atoms with Gasteiger partial charge in [0.25, 0.3) is 0 Å². The summed E-state index contributed by atoms with van der Waals surface area (Å²) >= 11 is 0. The van der Waals surface area contributed by atoms with E-state index in [1.165, 1.54) is 6.07 Å². The number of ketones is 1. The maximum absolute atomic E-state index is 13.1. The lowest BCUT2D eigenvalue weighted by atomic mass is 10.2. The summed E-state index contributed by atoms with van der Waals surface area (Å²) in [6, 6.07) is 6.23. The van der Waals surface area contributed by atoms with Crippen molar-refractivity contribution < 1.29 is 13.9 Å². The predicted molar refractivity (Wildman–Crippen MR) is 54.2 cm³/mol. The Kier molecular flexibility index (Phi) is 2.99. The van der Waals surface area contributed by atoms with Crippen LogP contribution in [0.4, 0.5) is 4.39 Å². The van der Waals surface area contributed by atoms with Crippen molar-refractivity contribution in [3.05, 3.63) is 30.1 Å². The molecule has 1 aromatic carbocycles. The van der Waals surface area contributed by atoms with Crippen molar-refractivity contribution in [3.63, 3.8) is 0 Å². The van der Waals surface area contributed by atoms with Crippen LogP contribution in [0.25, 0.3) is 0 Å². The van der Waals surface area contributed by atoms with Crippen LogP contribution in [0.5, 0.6) is 5.75 Å². The summed E-state index contributed by atoms with van der Waals surface area (Å²) in [4.78, 5) is 11.3. The molecule has 0 atom stereocenters. The number of hydrogen-bond donors (Lipinski definition) is 0. The first-order valence-corrected chi connectivity index (χ1v) is 5.17. The van der Waals surface area contributed by atoms with Gasteiger partial charge in [-0.25, -0.2) is 4.39 Å². The summed E-state index contributed by atoms with van der Waals surface area (Å²) in [5.41, 5.74) is 0. The number of Topliss-reactive ketones (excluding diaryl/α,β-unsaturated/α-hetero) is 1. The van der Waals surface area contributed by atoms with E-state index in [2.05, 4.69) is 0 Å². The molecule has 1 fully saturated rings. The van der Waals surface area contributed by atoms with Gasteiger partial charge in [-0.15, -0.1) is 0 Å². The first-order chi connectivity index (χ1) is 7.27. The number of benzene rings is 1. The van der Waals surface area contributed by atoms with E-state index in [1.54, 1.807) is 18.2 Å². The Hall–Kier alpha value is -1.38. The molecule has 3 heteroatoms. The predicted octanol–water partition coefficient (Wildman–Crippen LogP) is 2.57. The molecular weight excluding hydrogens is 195 g/mol. The van der Waals surface area contributed by atoms with E-state index in [0.717, 1.165) is 12.8 Å². The zero-order valence-electron chi connectivity index (χ0n) is 8.41. The molecule has 0 spiro atoms. The molecular formula is C12H13FO2. The molecule has 1 aliphatic rings. The Morgan fingerprint density at radius 1 is 1.40 bits per heavy atom. The molecule has 0 aliphatic heterocycles. The molecule has 0 saturated heterocycles. The molecule has 0 heterocycles. The van der Waals surface area contributed by atoms with Crippen molar-refractivity contribution in [2.24, 2.45) is 5.92 Å². The van der Waals surface area contributed by atoms with Crippen molar-refractivity contribution >= 4 is 5.78 Å². The number of halogens is 1. The highest BCUT2D eigenvalue weighted by Crippen LogP contribution is 2.30. The third kappa shape index (κ3) is 2.78. The van der Waals surface area contributed by atoms with Crippen LogP contribution in [0.1, 0.15) is 19.3 Å². The van der Waals surface area contributed by atoms with Gasteiger partial charge < -0.3 is 4.74 Å². The van der Waals surface area contributed by atoms with E-state index in [4.69, 9.17) is 4.74 Å². The highest BCUT2D eigenvalue weighted by molar-refractivity contribution is 5.83. The summed E-state index contributed by atoms with van der Waals surface area (Å²) in [6.07, 6.45) is 2.41. The Balaban J connectivity index is 1.78. The lowest BCUT2D eigenvalue weighted by Crippen LogP contribution is -2.08. The van der Waals surface area contributed by atoms with Gasteiger partial charge in [-0.2, -0.15) is 0 Å². The van der Waals surface area contributed by atoms with E-state index >= 15 is 0 Å². The fourth-order valence-corrected chi connectivity index (χ4v) is 1.43. The first kappa shape index (κ1) is 10.1. The van der Waals surface area contributed by atoms with E-state index < -0.39 is 0 Å². The number of rotatable bonds is 5. The molecule has 0 bridgehead atoms. The van der Waals surface area contributed by atoms with Crippen LogP contribution in [0.15, 0.2) is 24.3 Å². The first-order valence-electron chi connectivity index (χ1n) is 5.17. The van der Waals surface area contributed by atoms with Gasteiger partial charge >= 0.3 is 0 Å². The summed E-state index contributed by atoms with van der Waals surface area (Å²) in [5.74, 6) is 0.345. The average molecular weight is 208 g/mol. The third-order valence-corrected chi connectivity index (χ3v) is 2.48. The van der Waals surface area contributed by atoms with E-state index in [-0.39, 0.29) is 29.9 Å². The second-order valence-corrected chi connectivity index (χ2v) is 3.77. The van der Waals surface area contributed by atoms with E-state index in [9.17, 15) is 9.18 Å². The lowest BCUT2D eigenvalue weighted by Gasteiger charge is -2.05. The van der Waals surface area contributed by atoms with Gasteiger partial charge in [0.05, 0.1) is 6.61 Å². The quantitative estimate of drug-likeness (QED) is 0.743. The Labute approximate surface area is 88.1 Å². The number of hydrogen-bond acceptors (Lipinski definition) is 2. The molecule has 15 heavy (non-hydrogen) atoms. The zero-order valence-corrected chi connectivity index (χ0v) is 8.41. The monoisotopic (exact) mass is 208 g/mol. The summed E-state index contributed by atoms with van der Waals surface area (Å²) in [5, 5.41) is 0. The maximum Gasteiger partial charge on any atom is 0.165 e. The van der Waals surface area contributed by atoms with Gasteiger partial charge in [0, 0.05) is 12.3 Å². The Morgan fingerprint density at radius 2 is 2.13 bits per heavy atom. The largest absolute Gasteiger partial charge is 0.490 e. The van der Waals surface area contributed by atoms with Gasteiger partial charge in [0.15, 0.2) is 11.6 Å². The minimum Gasteiger partial charge on any atom is -0.490 e. The SMILES string of the molecule is O=C(CCOc1ccccc1F)C1CC1. The molecule has 0 aromatic heterocycles. The fraction of sp³-hybridized carbons (Fsp3) is 0.417. The van der Waals surface area contributed by atoms with Gasteiger partial charge in [-0.05, 0) is 25.0 Å². The second-order valence-electron chi connectivity index (χ2n) is 3.77. The summed E-state index contributed by atoms with van der Waals surface area (Å²) in [6.45, 7) is 0.274. The van der Waals surface area contributed by atoms with Crippen LogP contribution in [0.3, 0.4) is 0 Å². The van der Waals surface area contributed by atoms with Crippen LogP contribution in [-0.4, -0.2) is 12.4 Å². The molecule has 0 amide bonds. The molecule has 80 valence electrons. The van der Waals surface area contributed by atoms with Crippen molar-refractivity contribution in [1.82, 2.24) is 0 Å². The third-order valence-electron chi connectivity index (χ3n) is 2.48. The van der Waals surface area contributed by atoms with Crippen LogP contribution < -0.4 is 4.74 Å². The molecule has 1 saturated carbocycles. The highest BCUT2D eigenvalue weighted by Gasteiger charge is 2.28. The number of para-hydroxylation sites is 1. The summed E-state index contributed by atoms with van der Waals surface area (Å²) in [7, 11) is 0. The van der Waals surface area contributed by atoms with Crippen molar-refractivity contribution in [2.75, 3.05) is 6.61 Å². The second kappa shape index (κ2) is 4.43. The maximum atomic E-state index is 13.1. The molecule has 1 aromatic rings. The van der Waals surface area contributed by atoms with Crippen LogP contribution in [-0.2, 0) is 4.79 Å². The van der Waals surface area contributed by atoms with Gasteiger partial charge in [0.1, 0.15) is 5.78 Å². The normalized spacial score (nSPS) is 15.0. The molecule has 2 rings (SSSR count). The number of ether oxygens (including phenoxy) is 1. The topological polar surface area (TPSA) is 26.3 Å². The minimum atomic E-state index is -0.378. The molecule has 1 aliphatic carbocycles. The standard InChI is InChI=1S/C12H13FO2/c13-10-3-1-2-4-12(10)15-8-7-11(14)9-5-6-9/h1-4,9H,5-8H2. The smallest absolute Gasteiger partial charge is 0.165 e. The van der Waals surface area contributed by atoms with Crippen molar-refractivity contribution in [2.45, 2.75) is 19.3 Å². The van der Waals surface area contributed by atoms with E-state index in [1.807, 2.05) is 0 Å². The minimum absolute atomic E-state index is 0.223. The fourth-order valence-electron chi connectivity index (χ4n) is 1.43. The van der Waals surface area contributed by atoms with Gasteiger partial charge in [-0.3, -0.25) is 4.79 Å².